The first kappa shape index (κ1) is 19.0. The fraction of sp³-hybridized carbons (Fsp3) is 0.938. The van der Waals surface area contributed by atoms with Crippen LogP contribution in [-0.4, -0.2) is 55.9 Å². The Bertz CT molecular complexity index is 493. The molecule has 1 amide bonds. The maximum absolute atomic E-state index is 12.3. The lowest BCUT2D eigenvalue weighted by molar-refractivity contribution is -0.129. The lowest BCUT2D eigenvalue weighted by Crippen LogP contribution is -2.47. The summed E-state index contributed by atoms with van der Waals surface area (Å²) in [4.78, 5) is 14.0. The topological polar surface area (TPSA) is 66.5 Å². The number of hydrogen-bond donors (Lipinski definition) is 1. The lowest BCUT2D eigenvalue weighted by atomic mass is 10.0. The predicted molar refractivity (Wildman–Crippen MR) is 93.6 cm³/mol. The van der Waals surface area contributed by atoms with Gasteiger partial charge in [0.2, 0.25) is 5.91 Å². The fourth-order valence-corrected chi connectivity index (χ4v) is 5.43. The first-order chi connectivity index (χ1) is 10.5. The van der Waals surface area contributed by atoms with Gasteiger partial charge < -0.3 is 10.2 Å². The highest BCUT2D eigenvalue weighted by molar-refractivity contribution is 7.92. The third-order valence-corrected chi connectivity index (χ3v) is 7.51. The monoisotopic (exact) mass is 364 g/mol. The summed E-state index contributed by atoms with van der Waals surface area (Å²) in [5.74, 6) is 0.404. The summed E-state index contributed by atoms with van der Waals surface area (Å²) < 4.78 is 24.5. The number of hydrogen-bond acceptors (Lipinski definition) is 4. The summed E-state index contributed by atoms with van der Waals surface area (Å²) in [6.07, 6.45) is 8.04. The number of nitrogens with zero attached hydrogens (tertiary/aromatic N) is 1. The summed E-state index contributed by atoms with van der Waals surface area (Å²) in [6, 6.07) is 0.496. The number of halogens is 1. The van der Waals surface area contributed by atoms with E-state index >= 15 is 0 Å². The van der Waals surface area contributed by atoms with Crippen LogP contribution in [0.4, 0.5) is 0 Å². The van der Waals surface area contributed by atoms with Crippen LogP contribution in [0.3, 0.4) is 0 Å². The molecular formula is C16H29ClN2O3S. The summed E-state index contributed by atoms with van der Waals surface area (Å²) in [6.45, 7) is 2.50. The van der Waals surface area contributed by atoms with Gasteiger partial charge in [-0.3, -0.25) is 4.79 Å². The number of rotatable bonds is 6. The molecule has 0 aromatic heterocycles. The zero-order valence-corrected chi connectivity index (χ0v) is 15.3. The standard InChI is InChI=1S/C16H28N2O3S.ClH/c19-16(12-22(20,21)15-3-1-2-4-15)18-9-7-14(8-10-18)17-11-13-5-6-13;/h13-15,17H,1-12H2;1H. The molecule has 5 nitrogen and oxygen atoms in total. The number of sulfone groups is 1. The van der Waals surface area contributed by atoms with Gasteiger partial charge in [-0.1, -0.05) is 12.8 Å². The minimum absolute atomic E-state index is 0. The van der Waals surface area contributed by atoms with E-state index in [4.69, 9.17) is 0 Å². The maximum atomic E-state index is 12.3. The van der Waals surface area contributed by atoms with Gasteiger partial charge in [-0.2, -0.15) is 0 Å². The second kappa shape index (κ2) is 8.17. The van der Waals surface area contributed by atoms with Crippen LogP contribution in [0, 0.1) is 5.92 Å². The molecule has 3 aliphatic rings. The highest BCUT2D eigenvalue weighted by Crippen LogP contribution is 2.28. The molecule has 2 saturated carbocycles. The molecule has 2 aliphatic carbocycles. The van der Waals surface area contributed by atoms with Gasteiger partial charge in [0.25, 0.3) is 0 Å². The Kier molecular flexibility index (Phi) is 6.75. The van der Waals surface area contributed by atoms with Crippen LogP contribution in [0.2, 0.25) is 0 Å². The summed E-state index contributed by atoms with van der Waals surface area (Å²) in [5, 5.41) is 3.31. The van der Waals surface area contributed by atoms with Gasteiger partial charge in [-0.25, -0.2) is 8.42 Å². The number of likely N-dealkylation sites (tertiary alicyclic amines) is 1. The highest BCUT2D eigenvalue weighted by atomic mass is 35.5. The quantitative estimate of drug-likeness (QED) is 0.779. The normalized spacial score (nSPS) is 23.7. The third kappa shape index (κ3) is 5.33. The van der Waals surface area contributed by atoms with E-state index in [-0.39, 0.29) is 29.3 Å². The van der Waals surface area contributed by atoms with Gasteiger partial charge in [0, 0.05) is 19.1 Å². The summed E-state index contributed by atoms with van der Waals surface area (Å²) >= 11 is 0. The van der Waals surface area contributed by atoms with Crippen LogP contribution < -0.4 is 5.32 Å². The second-order valence-electron chi connectivity index (χ2n) is 7.22. The van der Waals surface area contributed by atoms with Crippen LogP contribution in [0.1, 0.15) is 51.4 Å². The molecule has 1 aliphatic heterocycles. The number of amides is 1. The van der Waals surface area contributed by atoms with Crippen LogP contribution in [0.5, 0.6) is 0 Å². The first-order valence-corrected chi connectivity index (χ1v) is 10.5. The number of piperidine rings is 1. The van der Waals surface area contributed by atoms with Crippen molar-refractivity contribution in [3.8, 4) is 0 Å². The Morgan fingerprint density at radius 3 is 2.17 bits per heavy atom. The van der Waals surface area contributed by atoms with Crippen molar-refractivity contribution >= 4 is 28.2 Å². The van der Waals surface area contributed by atoms with Gasteiger partial charge in [0.15, 0.2) is 9.84 Å². The molecule has 23 heavy (non-hydrogen) atoms. The molecule has 3 rings (SSSR count). The molecule has 0 radical (unpaired) electrons. The van der Waals surface area contributed by atoms with Crippen molar-refractivity contribution in [3.63, 3.8) is 0 Å². The van der Waals surface area contributed by atoms with E-state index in [1.807, 2.05) is 0 Å². The van der Waals surface area contributed by atoms with Crippen molar-refractivity contribution in [2.75, 3.05) is 25.4 Å². The molecule has 0 bridgehead atoms. The van der Waals surface area contributed by atoms with Gasteiger partial charge in [0.1, 0.15) is 5.75 Å². The van der Waals surface area contributed by atoms with Crippen molar-refractivity contribution in [2.24, 2.45) is 5.92 Å². The van der Waals surface area contributed by atoms with E-state index in [9.17, 15) is 13.2 Å². The van der Waals surface area contributed by atoms with Crippen LogP contribution in [0.15, 0.2) is 0 Å². The van der Waals surface area contributed by atoms with Crippen LogP contribution in [-0.2, 0) is 14.6 Å². The number of carbonyl (C=O) groups excluding carboxylic acids is 1. The van der Waals surface area contributed by atoms with Gasteiger partial charge in [-0.15, -0.1) is 12.4 Å². The summed E-state index contributed by atoms with van der Waals surface area (Å²) in [7, 11) is -3.24. The van der Waals surface area contributed by atoms with Crippen LogP contribution >= 0.6 is 12.4 Å². The van der Waals surface area contributed by atoms with E-state index in [1.54, 1.807) is 4.90 Å². The number of nitrogens with one attached hydrogen (secondary N) is 1. The molecule has 0 spiro atoms. The molecule has 3 fully saturated rings. The maximum Gasteiger partial charge on any atom is 0.237 e. The average Bonchev–Trinajstić information content (AvgIpc) is 3.15. The fourth-order valence-electron chi connectivity index (χ4n) is 3.62. The molecule has 0 aromatic carbocycles. The Hall–Kier alpha value is -0.330. The molecular weight excluding hydrogens is 336 g/mol. The Labute approximate surface area is 145 Å². The molecule has 1 N–H and O–H groups in total. The van der Waals surface area contributed by atoms with Gasteiger partial charge in [-0.05, 0) is 51.0 Å². The smallest absolute Gasteiger partial charge is 0.237 e. The van der Waals surface area contributed by atoms with Crippen molar-refractivity contribution in [3.05, 3.63) is 0 Å². The van der Waals surface area contributed by atoms with E-state index < -0.39 is 9.84 Å². The van der Waals surface area contributed by atoms with E-state index in [2.05, 4.69) is 5.32 Å². The molecule has 0 atom stereocenters. The molecule has 1 heterocycles. The SMILES string of the molecule is Cl.O=C(CS(=O)(=O)C1CCCC1)N1CCC(NCC2CC2)CC1. The lowest BCUT2D eigenvalue weighted by Gasteiger charge is -2.32. The van der Waals surface area contributed by atoms with Gasteiger partial charge in [0.05, 0.1) is 5.25 Å². The largest absolute Gasteiger partial charge is 0.342 e. The van der Waals surface area contributed by atoms with Crippen molar-refractivity contribution in [2.45, 2.75) is 62.7 Å². The van der Waals surface area contributed by atoms with E-state index in [0.29, 0.717) is 19.1 Å². The van der Waals surface area contributed by atoms with E-state index in [1.165, 1.54) is 12.8 Å². The molecule has 0 unspecified atom stereocenters. The Morgan fingerprint density at radius 2 is 1.61 bits per heavy atom. The first-order valence-electron chi connectivity index (χ1n) is 8.77. The second-order valence-corrected chi connectivity index (χ2v) is 9.50. The van der Waals surface area contributed by atoms with Crippen molar-refractivity contribution in [1.82, 2.24) is 10.2 Å². The van der Waals surface area contributed by atoms with Crippen LogP contribution in [0.25, 0.3) is 0 Å². The third-order valence-electron chi connectivity index (χ3n) is 5.37. The van der Waals surface area contributed by atoms with E-state index in [0.717, 1.165) is 51.0 Å². The minimum atomic E-state index is -3.24. The predicted octanol–water partition coefficient (Wildman–Crippen LogP) is 1.76. The van der Waals surface area contributed by atoms with Crippen molar-refractivity contribution < 1.29 is 13.2 Å². The Balaban J connectivity index is 0.00000192. The zero-order chi connectivity index (χ0) is 15.6. The highest BCUT2D eigenvalue weighted by Gasteiger charge is 2.33. The minimum Gasteiger partial charge on any atom is -0.342 e. The molecule has 7 heteroatoms. The Morgan fingerprint density at radius 1 is 1.00 bits per heavy atom. The summed E-state index contributed by atoms with van der Waals surface area (Å²) in [5.41, 5.74) is 0. The van der Waals surface area contributed by atoms with Crippen molar-refractivity contribution in [1.29, 1.82) is 0 Å². The number of carbonyl (C=O) groups is 1. The molecule has 134 valence electrons. The molecule has 0 aromatic rings. The molecule has 1 saturated heterocycles. The average molecular weight is 365 g/mol. The van der Waals surface area contributed by atoms with Gasteiger partial charge >= 0.3 is 0 Å². The zero-order valence-electron chi connectivity index (χ0n) is 13.7.